The van der Waals surface area contributed by atoms with Gasteiger partial charge in [-0.3, -0.25) is 14.2 Å². The van der Waals surface area contributed by atoms with Crippen LogP contribution < -0.4 is 10.5 Å². The molecule has 0 unspecified atom stereocenters. The van der Waals surface area contributed by atoms with E-state index in [1.807, 2.05) is 35.7 Å². The van der Waals surface area contributed by atoms with Gasteiger partial charge in [-0.25, -0.2) is 4.98 Å². The SMILES string of the molecule is Cn1c(SCC(=O)N(CCC#N)c2ccccc2)nc2ccsc2c1=O. The lowest BCUT2D eigenvalue weighted by Gasteiger charge is -2.21. The summed E-state index contributed by atoms with van der Waals surface area (Å²) in [6, 6.07) is 13.1. The molecule has 3 rings (SSSR count). The van der Waals surface area contributed by atoms with Crippen molar-refractivity contribution in [2.75, 3.05) is 17.2 Å². The molecule has 0 aliphatic heterocycles. The van der Waals surface area contributed by atoms with Gasteiger partial charge < -0.3 is 4.90 Å². The Kier molecular flexibility index (Phi) is 5.71. The molecular weight excluding hydrogens is 368 g/mol. The molecule has 0 aliphatic rings. The molecule has 1 aromatic carbocycles. The topological polar surface area (TPSA) is 79.0 Å². The predicted molar refractivity (Wildman–Crippen MR) is 105 cm³/mol. The molecule has 0 fully saturated rings. The number of thiophene rings is 1. The van der Waals surface area contributed by atoms with E-state index in [2.05, 4.69) is 11.1 Å². The number of thioether (sulfide) groups is 1. The van der Waals surface area contributed by atoms with Crippen LogP contribution in [0.25, 0.3) is 10.2 Å². The largest absolute Gasteiger partial charge is 0.311 e. The molecule has 0 saturated heterocycles. The van der Waals surface area contributed by atoms with Crippen molar-refractivity contribution in [2.24, 2.45) is 7.05 Å². The van der Waals surface area contributed by atoms with Crippen LogP contribution in [0.5, 0.6) is 0 Å². The molecule has 132 valence electrons. The van der Waals surface area contributed by atoms with Crippen LogP contribution in [0.4, 0.5) is 5.69 Å². The van der Waals surface area contributed by atoms with Crippen LogP contribution in [0.1, 0.15) is 6.42 Å². The van der Waals surface area contributed by atoms with E-state index in [-0.39, 0.29) is 23.6 Å². The maximum absolute atomic E-state index is 12.7. The number of amides is 1. The van der Waals surface area contributed by atoms with Gasteiger partial charge in [0.25, 0.3) is 5.56 Å². The second-order valence-corrected chi connectivity index (χ2v) is 7.33. The molecule has 0 bridgehead atoms. The minimum absolute atomic E-state index is 0.107. The number of para-hydroxylation sites is 1. The maximum atomic E-state index is 12.7. The fourth-order valence-electron chi connectivity index (χ4n) is 2.47. The van der Waals surface area contributed by atoms with Crippen LogP contribution in [0, 0.1) is 11.3 Å². The lowest BCUT2D eigenvalue weighted by Crippen LogP contribution is -2.33. The third kappa shape index (κ3) is 3.79. The molecular formula is C18H16N4O2S2. The summed E-state index contributed by atoms with van der Waals surface area (Å²) in [4.78, 5) is 31.1. The first-order chi connectivity index (χ1) is 12.6. The molecule has 8 heteroatoms. The van der Waals surface area contributed by atoms with Gasteiger partial charge in [-0.05, 0) is 23.6 Å². The van der Waals surface area contributed by atoms with E-state index >= 15 is 0 Å². The highest BCUT2D eigenvalue weighted by Crippen LogP contribution is 2.22. The highest BCUT2D eigenvalue weighted by molar-refractivity contribution is 7.99. The second-order valence-electron chi connectivity index (χ2n) is 5.47. The first-order valence-electron chi connectivity index (χ1n) is 7.91. The van der Waals surface area contributed by atoms with Crippen molar-refractivity contribution in [2.45, 2.75) is 11.6 Å². The van der Waals surface area contributed by atoms with Crippen LogP contribution in [0.15, 0.2) is 51.7 Å². The average molecular weight is 384 g/mol. The van der Waals surface area contributed by atoms with E-state index in [4.69, 9.17) is 5.26 Å². The first kappa shape index (κ1) is 18.2. The number of carbonyl (C=O) groups excluding carboxylic acids is 1. The summed E-state index contributed by atoms with van der Waals surface area (Å²) in [5, 5.41) is 11.2. The summed E-state index contributed by atoms with van der Waals surface area (Å²) < 4.78 is 2.09. The van der Waals surface area contributed by atoms with Gasteiger partial charge in [0.2, 0.25) is 5.91 Å². The second kappa shape index (κ2) is 8.17. The van der Waals surface area contributed by atoms with Crippen molar-refractivity contribution in [1.29, 1.82) is 5.26 Å². The van der Waals surface area contributed by atoms with E-state index in [9.17, 15) is 9.59 Å². The van der Waals surface area contributed by atoms with Gasteiger partial charge in [-0.2, -0.15) is 5.26 Å². The van der Waals surface area contributed by atoms with E-state index in [1.165, 1.54) is 27.7 Å². The molecule has 0 atom stereocenters. The molecule has 0 N–H and O–H groups in total. The summed E-state index contributed by atoms with van der Waals surface area (Å²) in [5.74, 6) is 0.00657. The molecule has 2 aromatic heterocycles. The number of fused-ring (bicyclic) bond motifs is 1. The summed E-state index contributed by atoms with van der Waals surface area (Å²) >= 11 is 2.59. The molecule has 0 radical (unpaired) electrons. The summed E-state index contributed by atoms with van der Waals surface area (Å²) in [7, 11) is 1.66. The standard InChI is InChI=1S/C18H16N4O2S2/c1-21-17(24)16-14(8-11-25-16)20-18(21)26-12-15(23)22(10-5-9-19)13-6-3-2-4-7-13/h2-4,6-8,11H,5,10,12H2,1H3. The third-order valence-corrected chi connectivity index (χ3v) is 5.69. The Labute approximate surface area is 158 Å². The Morgan fingerprint density at radius 2 is 2.12 bits per heavy atom. The highest BCUT2D eigenvalue weighted by Gasteiger charge is 2.17. The molecule has 26 heavy (non-hydrogen) atoms. The van der Waals surface area contributed by atoms with Crippen molar-refractivity contribution < 1.29 is 4.79 Å². The van der Waals surface area contributed by atoms with Crippen molar-refractivity contribution in [3.63, 3.8) is 0 Å². The van der Waals surface area contributed by atoms with Crippen molar-refractivity contribution >= 4 is 44.9 Å². The zero-order chi connectivity index (χ0) is 18.5. The van der Waals surface area contributed by atoms with Gasteiger partial charge in [-0.1, -0.05) is 30.0 Å². The Bertz CT molecular complexity index is 1020. The Hall–Kier alpha value is -2.63. The minimum atomic E-state index is -0.129. The molecule has 1 amide bonds. The first-order valence-corrected chi connectivity index (χ1v) is 9.77. The minimum Gasteiger partial charge on any atom is -0.311 e. The van der Waals surface area contributed by atoms with Crippen LogP contribution in [0.2, 0.25) is 0 Å². The lowest BCUT2D eigenvalue weighted by atomic mass is 10.2. The number of benzene rings is 1. The highest BCUT2D eigenvalue weighted by atomic mass is 32.2. The van der Waals surface area contributed by atoms with Gasteiger partial charge in [-0.15, -0.1) is 11.3 Å². The van der Waals surface area contributed by atoms with E-state index in [1.54, 1.807) is 18.0 Å². The Morgan fingerprint density at radius 1 is 1.35 bits per heavy atom. The fraction of sp³-hybridized carbons (Fsp3) is 0.222. The zero-order valence-electron chi connectivity index (χ0n) is 14.1. The number of rotatable bonds is 6. The van der Waals surface area contributed by atoms with Crippen LogP contribution in [-0.4, -0.2) is 27.8 Å². The molecule has 0 saturated carbocycles. The molecule has 3 aromatic rings. The Balaban J connectivity index is 1.79. The number of hydrogen-bond acceptors (Lipinski definition) is 6. The number of aromatic nitrogens is 2. The quantitative estimate of drug-likeness (QED) is 0.482. The predicted octanol–water partition coefficient (Wildman–Crippen LogP) is 3.03. The molecule has 2 heterocycles. The number of carbonyl (C=O) groups is 1. The Morgan fingerprint density at radius 3 is 2.85 bits per heavy atom. The van der Waals surface area contributed by atoms with Gasteiger partial charge in [0.05, 0.1) is 23.8 Å². The van der Waals surface area contributed by atoms with Gasteiger partial charge in [0.1, 0.15) is 4.70 Å². The summed E-state index contributed by atoms with van der Waals surface area (Å²) in [5.41, 5.74) is 1.30. The lowest BCUT2D eigenvalue weighted by molar-refractivity contribution is -0.116. The monoisotopic (exact) mass is 384 g/mol. The van der Waals surface area contributed by atoms with Gasteiger partial charge in [0, 0.05) is 19.3 Å². The van der Waals surface area contributed by atoms with E-state index in [0.717, 1.165) is 5.69 Å². The fourth-order valence-corrected chi connectivity index (χ4v) is 4.12. The maximum Gasteiger partial charge on any atom is 0.271 e. The molecule has 0 spiro atoms. The third-order valence-electron chi connectivity index (χ3n) is 3.79. The smallest absolute Gasteiger partial charge is 0.271 e. The van der Waals surface area contributed by atoms with Crippen molar-refractivity contribution in [3.8, 4) is 6.07 Å². The number of hydrogen-bond donors (Lipinski definition) is 0. The van der Waals surface area contributed by atoms with Crippen molar-refractivity contribution in [3.05, 3.63) is 52.1 Å². The van der Waals surface area contributed by atoms with Gasteiger partial charge in [0.15, 0.2) is 5.16 Å². The normalized spacial score (nSPS) is 10.6. The van der Waals surface area contributed by atoms with Crippen LogP contribution >= 0.6 is 23.1 Å². The average Bonchev–Trinajstić information content (AvgIpc) is 3.13. The number of nitrogens with zero attached hydrogens (tertiary/aromatic N) is 4. The van der Waals surface area contributed by atoms with Crippen LogP contribution in [-0.2, 0) is 11.8 Å². The molecule has 6 nitrogen and oxygen atoms in total. The molecule has 0 aliphatic carbocycles. The summed E-state index contributed by atoms with van der Waals surface area (Å²) in [6.45, 7) is 0.329. The van der Waals surface area contributed by atoms with Crippen LogP contribution in [0.3, 0.4) is 0 Å². The number of anilines is 1. The number of nitriles is 1. The van der Waals surface area contributed by atoms with Crippen molar-refractivity contribution in [1.82, 2.24) is 9.55 Å². The summed E-state index contributed by atoms with van der Waals surface area (Å²) in [6.07, 6.45) is 0.253. The van der Waals surface area contributed by atoms with E-state index < -0.39 is 0 Å². The van der Waals surface area contributed by atoms with E-state index in [0.29, 0.717) is 21.9 Å². The van der Waals surface area contributed by atoms with Gasteiger partial charge >= 0.3 is 0 Å². The zero-order valence-corrected chi connectivity index (χ0v) is 15.7.